The Bertz CT molecular complexity index is 2060. The summed E-state index contributed by atoms with van der Waals surface area (Å²) in [5.41, 5.74) is 1.92. The van der Waals surface area contributed by atoms with E-state index in [1.807, 2.05) is 16.7 Å². The third kappa shape index (κ3) is 8.91. The SMILES string of the molecule is CCN(C(=O)c1ccc(C(F)(F)F)cc1)c1ccc(Oc2ccc3cc(C(=O)N4CCN(Cc5ccc(OCC(F)(F)F)cc5)CC4)n(C)c3c2)nc1. The summed E-state index contributed by atoms with van der Waals surface area (Å²) in [5, 5.41) is 0.841. The first-order valence-corrected chi connectivity index (χ1v) is 16.7. The van der Waals surface area contributed by atoms with Crippen LogP contribution in [0.1, 0.15) is 38.9 Å². The molecule has 3 heterocycles. The van der Waals surface area contributed by atoms with Crippen LogP contribution in [-0.2, 0) is 19.8 Å². The molecule has 53 heavy (non-hydrogen) atoms. The number of ether oxygens (including phenoxy) is 2. The number of hydrogen-bond acceptors (Lipinski definition) is 6. The molecule has 0 radical (unpaired) electrons. The summed E-state index contributed by atoms with van der Waals surface area (Å²) < 4.78 is 88.7. The molecule has 9 nitrogen and oxygen atoms in total. The van der Waals surface area contributed by atoms with Crippen LogP contribution in [0.5, 0.6) is 17.4 Å². The minimum atomic E-state index is -4.50. The number of amides is 2. The van der Waals surface area contributed by atoms with Crippen LogP contribution in [0, 0.1) is 0 Å². The summed E-state index contributed by atoms with van der Waals surface area (Å²) in [6, 6.07) is 21.0. The van der Waals surface area contributed by atoms with Gasteiger partial charge < -0.3 is 23.8 Å². The number of fused-ring (bicyclic) bond motifs is 1. The van der Waals surface area contributed by atoms with Crippen LogP contribution in [-0.4, -0.2) is 76.7 Å². The Morgan fingerprint density at radius 3 is 2.11 bits per heavy atom. The van der Waals surface area contributed by atoms with E-state index in [1.165, 1.54) is 23.2 Å². The summed E-state index contributed by atoms with van der Waals surface area (Å²) in [4.78, 5) is 36.4. The van der Waals surface area contributed by atoms with E-state index in [1.54, 1.807) is 55.3 Å². The standard InChI is InChI=1S/C38H35F6N5O4/c1-3-49(35(50)26-6-9-28(10-7-26)38(42,43)44)29-11-15-34(45-22-29)53-31-14-8-27-20-33(46(2)32(27)21-31)36(51)48-18-16-47(17-19-48)23-25-4-12-30(13-5-25)52-24-37(39,40)41/h4-15,20-22H,3,16-19,23-24H2,1-2H3. The lowest BCUT2D eigenvalue weighted by Gasteiger charge is -2.34. The molecule has 5 aromatic rings. The molecule has 0 N–H and O–H groups in total. The highest BCUT2D eigenvalue weighted by atomic mass is 19.4. The van der Waals surface area contributed by atoms with Crippen molar-refractivity contribution in [1.82, 2.24) is 19.4 Å². The lowest BCUT2D eigenvalue weighted by molar-refractivity contribution is -0.153. The van der Waals surface area contributed by atoms with E-state index in [0.717, 1.165) is 40.7 Å². The first-order valence-electron chi connectivity index (χ1n) is 16.7. The van der Waals surface area contributed by atoms with Crippen LogP contribution in [0.15, 0.2) is 91.1 Å². The van der Waals surface area contributed by atoms with Gasteiger partial charge in [0.1, 0.15) is 17.2 Å². The van der Waals surface area contributed by atoms with E-state index in [4.69, 9.17) is 9.47 Å². The van der Waals surface area contributed by atoms with E-state index >= 15 is 0 Å². The molecule has 0 unspecified atom stereocenters. The number of aromatic nitrogens is 2. The molecule has 0 spiro atoms. The zero-order valence-corrected chi connectivity index (χ0v) is 28.7. The second-order valence-corrected chi connectivity index (χ2v) is 12.5. The Hall–Kier alpha value is -5.57. The van der Waals surface area contributed by atoms with Gasteiger partial charge in [0.2, 0.25) is 5.88 Å². The molecule has 0 atom stereocenters. The van der Waals surface area contributed by atoms with Crippen LogP contribution < -0.4 is 14.4 Å². The highest BCUT2D eigenvalue weighted by Crippen LogP contribution is 2.31. The van der Waals surface area contributed by atoms with E-state index in [-0.39, 0.29) is 29.6 Å². The number of halogens is 6. The van der Waals surface area contributed by atoms with Gasteiger partial charge in [-0.15, -0.1) is 0 Å². The molecule has 1 fully saturated rings. The van der Waals surface area contributed by atoms with Gasteiger partial charge in [-0.25, -0.2) is 4.98 Å². The normalized spacial score (nSPS) is 14.0. The number of alkyl halides is 6. The monoisotopic (exact) mass is 739 g/mol. The molecule has 3 aromatic carbocycles. The third-order valence-corrected chi connectivity index (χ3v) is 8.90. The maximum Gasteiger partial charge on any atom is 0.422 e. The van der Waals surface area contributed by atoms with E-state index in [0.29, 0.717) is 49.9 Å². The second kappa shape index (κ2) is 15.2. The van der Waals surface area contributed by atoms with Crippen LogP contribution in [0.3, 0.4) is 0 Å². The van der Waals surface area contributed by atoms with Crippen LogP contribution in [0.25, 0.3) is 10.9 Å². The highest BCUT2D eigenvalue weighted by Gasteiger charge is 2.31. The number of hydrogen-bond donors (Lipinski definition) is 0. The van der Waals surface area contributed by atoms with Gasteiger partial charge in [0.25, 0.3) is 11.8 Å². The molecule has 0 saturated carbocycles. The minimum Gasteiger partial charge on any atom is -0.484 e. The van der Waals surface area contributed by atoms with E-state index in [2.05, 4.69) is 9.88 Å². The van der Waals surface area contributed by atoms with Crippen molar-refractivity contribution < 1.29 is 45.4 Å². The van der Waals surface area contributed by atoms with Gasteiger partial charge in [0.05, 0.1) is 23.0 Å². The number of carbonyl (C=O) groups is 2. The quantitative estimate of drug-likeness (QED) is 0.135. The number of pyridine rings is 1. The Morgan fingerprint density at radius 2 is 1.51 bits per heavy atom. The molecule has 1 aliphatic rings. The highest BCUT2D eigenvalue weighted by molar-refractivity contribution is 6.06. The van der Waals surface area contributed by atoms with Crippen molar-refractivity contribution in [2.24, 2.45) is 7.05 Å². The zero-order valence-electron chi connectivity index (χ0n) is 28.7. The molecule has 2 amide bonds. The van der Waals surface area contributed by atoms with Crippen molar-refractivity contribution in [3.05, 3.63) is 114 Å². The smallest absolute Gasteiger partial charge is 0.422 e. The summed E-state index contributed by atoms with van der Waals surface area (Å²) in [6.07, 6.45) is -7.45. The van der Waals surface area contributed by atoms with Gasteiger partial charge in [-0.2, -0.15) is 26.3 Å². The zero-order chi connectivity index (χ0) is 37.9. The minimum absolute atomic E-state index is 0.110. The first-order chi connectivity index (χ1) is 25.2. The molecule has 15 heteroatoms. The summed E-state index contributed by atoms with van der Waals surface area (Å²) in [7, 11) is 1.80. The van der Waals surface area contributed by atoms with Crippen molar-refractivity contribution in [2.75, 3.05) is 44.2 Å². The second-order valence-electron chi connectivity index (χ2n) is 12.5. The van der Waals surface area contributed by atoms with Crippen molar-refractivity contribution >= 4 is 28.4 Å². The average Bonchev–Trinajstić information content (AvgIpc) is 3.47. The Kier molecular flexibility index (Phi) is 10.7. The van der Waals surface area contributed by atoms with Gasteiger partial charge in [-0.05, 0) is 73.2 Å². The maximum atomic E-state index is 13.6. The van der Waals surface area contributed by atoms with E-state index < -0.39 is 30.4 Å². The van der Waals surface area contributed by atoms with Gasteiger partial charge in [-0.3, -0.25) is 14.5 Å². The molecule has 6 rings (SSSR count). The number of rotatable bonds is 10. The number of carbonyl (C=O) groups excluding carboxylic acids is 2. The number of piperazine rings is 1. The number of benzene rings is 3. The van der Waals surface area contributed by atoms with Crippen molar-refractivity contribution in [2.45, 2.75) is 25.8 Å². The fourth-order valence-corrected chi connectivity index (χ4v) is 6.08. The maximum absolute atomic E-state index is 13.6. The van der Waals surface area contributed by atoms with Crippen LogP contribution in [0.4, 0.5) is 32.0 Å². The molecular weight excluding hydrogens is 704 g/mol. The average molecular weight is 740 g/mol. The topological polar surface area (TPSA) is 80.1 Å². The van der Waals surface area contributed by atoms with E-state index in [9.17, 15) is 35.9 Å². The Balaban J connectivity index is 1.05. The molecule has 0 aliphatic carbocycles. The fraction of sp³-hybridized carbons (Fsp3) is 0.289. The van der Waals surface area contributed by atoms with Gasteiger partial charge in [0.15, 0.2) is 6.61 Å². The Labute approximate surface area is 300 Å². The largest absolute Gasteiger partial charge is 0.484 e. The third-order valence-electron chi connectivity index (χ3n) is 8.90. The lowest BCUT2D eigenvalue weighted by atomic mass is 10.1. The van der Waals surface area contributed by atoms with Gasteiger partial charge in [-0.1, -0.05) is 12.1 Å². The van der Waals surface area contributed by atoms with Crippen LogP contribution >= 0.6 is 0 Å². The predicted octanol–water partition coefficient (Wildman–Crippen LogP) is 7.95. The van der Waals surface area contributed by atoms with Gasteiger partial charge in [0, 0.05) is 69.4 Å². The summed E-state index contributed by atoms with van der Waals surface area (Å²) in [6.45, 7) is 3.53. The van der Waals surface area contributed by atoms with Crippen molar-refractivity contribution in [3.63, 3.8) is 0 Å². The van der Waals surface area contributed by atoms with Crippen molar-refractivity contribution in [1.29, 1.82) is 0 Å². The fourth-order valence-electron chi connectivity index (χ4n) is 6.08. The number of aryl methyl sites for hydroxylation is 1. The Morgan fingerprint density at radius 1 is 0.830 bits per heavy atom. The summed E-state index contributed by atoms with van der Waals surface area (Å²) >= 11 is 0. The summed E-state index contributed by atoms with van der Waals surface area (Å²) in [5.74, 6) is 0.293. The molecule has 1 aliphatic heterocycles. The molecule has 2 aromatic heterocycles. The number of nitrogens with zero attached hydrogens (tertiary/aromatic N) is 5. The number of anilines is 1. The van der Waals surface area contributed by atoms with Crippen LogP contribution in [0.2, 0.25) is 0 Å². The lowest BCUT2D eigenvalue weighted by Crippen LogP contribution is -2.48. The predicted molar refractivity (Wildman–Crippen MR) is 185 cm³/mol. The molecule has 0 bridgehead atoms. The first kappa shape index (κ1) is 37.2. The van der Waals surface area contributed by atoms with Gasteiger partial charge >= 0.3 is 12.4 Å². The molecule has 278 valence electrons. The molecular formula is C38H35F6N5O4. The van der Waals surface area contributed by atoms with Crippen molar-refractivity contribution in [3.8, 4) is 17.4 Å². The molecule has 1 saturated heterocycles.